The number of carboxylic acid groups (broad SMARTS) is 1. The number of aliphatic carboxylic acids is 1. The molecule has 0 saturated carbocycles. The number of alkyl halides is 3. The molecule has 1 aromatic heterocycles. The zero-order chi connectivity index (χ0) is 11.2. The predicted octanol–water partition coefficient (Wildman–Crippen LogP) is 1.16. The summed E-state index contributed by atoms with van der Waals surface area (Å²) in [4.78, 5) is 14.0. The van der Waals surface area contributed by atoms with Crippen molar-refractivity contribution in [3.63, 3.8) is 0 Å². The van der Waals surface area contributed by atoms with Gasteiger partial charge in [-0.3, -0.25) is 4.79 Å². The fourth-order valence-electron chi connectivity index (χ4n) is 1.60. The summed E-state index contributed by atoms with van der Waals surface area (Å²) in [6.45, 7) is 0.0632. The normalized spacial score (nSPS) is 20.3. The first kappa shape index (κ1) is 10.0. The minimum Gasteiger partial charge on any atom is -0.481 e. The molecule has 1 unspecified atom stereocenters. The fraction of sp³-hybridized carbons (Fsp3) is 0.500. The molecule has 0 spiro atoms. The molecule has 0 saturated heterocycles. The van der Waals surface area contributed by atoms with Crippen molar-refractivity contribution in [3.05, 3.63) is 17.7 Å². The first-order valence-corrected chi connectivity index (χ1v) is 4.24. The van der Waals surface area contributed by atoms with E-state index in [0.29, 0.717) is 0 Å². The van der Waals surface area contributed by atoms with Crippen molar-refractivity contribution >= 4 is 5.97 Å². The number of fused-ring (bicyclic) bond motifs is 1. The summed E-state index contributed by atoms with van der Waals surface area (Å²) in [6.07, 6.45) is -3.54. The molecule has 0 bridgehead atoms. The highest BCUT2D eigenvalue weighted by atomic mass is 19.4. The molecule has 1 N–H and O–H groups in total. The van der Waals surface area contributed by atoms with Crippen LogP contribution in [0.25, 0.3) is 0 Å². The van der Waals surface area contributed by atoms with Crippen molar-refractivity contribution in [1.29, 1.82) is 0 Å². The number of carbonyl (C=O) groups is 1. The number of carboxylic acids is 1. The van der Waals surface area contributed by atoms with Crippen molar-refractivity contribution in [2.24, 2.45) is 5.92 Å². The van der Waals surface area contributed by atoms with E-state index in [2.05, 4.69) is 4.98 Å². The third kappa shape index (κ3) is 1.69. The van der Waals surface area contributed by atoms with E-state index in [0.717, 1.165) is 6.20 Å². The third-order valence-electron chi connectivity index (χ3n) is 2.34. The van der Waals surface area contributed by atoms with Crippen molar-refractivity contribution < 1.29 is 23.1 Å². The lowest BCUT2D eigenvalue weighted by Gasteiger charge is -2.03. The van der Waals surface area contributed by atoms with Crippen LogP contribution in [0.5, 0.6) is 0 Å². The average Bonchev–Trinajstić information content (AvgIpc) is 2.55. The van der Waals surface area contributed by atoms with Crippen molar-refractivity contribution in [2.45, 2.75) is 19.1 Å². The highest BCUT2D eigenvalue weighted by molar-refractivity contribution is 5.70. The zero-order valence-electron chi connectivity index (χ0n) is 7.45. The Labute approximate surface area is 82.3 Å². The summed E-state index contributed by atoms with van der Waals surface area (Å²) in [5.74, 6) is -1.47. The summed E-state index contributed by atoms with van der Waals surface area (Å²) in [5, 5.41) is 8.67. The quantitative estimate of drug-likeness (QED) is 0.772. The monoisotopic (exact) mass is 220 g/mol. The second kappa shape index (κ2) is 2.98. The van der Waals surface area contributed by atoms with E-state index < -0.39 is 23.8 Å². The van der Waals surface area contributed by atoms with Gasteiger partial charge in [0.2, 0.25) is 0 Å². The van der Waals surface area contributed by atoms with E-state index in [4.69, 9.17) is 5.11 Å². The van der Waals surface area contributed by atoms with Crippen LogP contribution in [-0.2, 0) is 23.9 Å². The molecule has 0 aromatic carbocycles. The molecule has 1 aliphatic rings. The molecule has 0 aliphatic carbocycles. The van der Waals surface area contributed by atoms with Crippen molar-refractivity contribution in [3.8, 4) is 0 Å². The molecule has 0 amide bonds. The van der Waals surface area contributed by atoms with Gasteiger partial charge in [0.1, 0.15) is 5.82 Å². The Bertz CT molecular complexity index is 387. The predicted molar refractivity (Wildman–Crippen MR) is 42.1 cm³/mol. The lowest BCUT2D eigenvalue weighted by Crippen LogP contribution is -2.15. The topological polar surface area (TPSA) is 55.1 Å². The van der Waals surface area contributed by atoms with Gasteiger partial charge in [0.25, 0.3) is 0 Å². The maximum absolute atomic E-state index is 12.2. The highest BCUT2D eigenvalue weighted by Gasteiger charge is 2.37. The molecule has 2 heterocycles. The van der Waals surface area contributed by atoms with E-state index in [-0.39, 0.29) is 18.8 Å². The largest absolute Gasteiger partial charge is 0.481 e. The van der Waals surface area contributed by atoms with Crippen LogP contribution in [-0.4, -0.2) is 20.6 Å². The molecule has 1 atom stereocenters. The van der Waals surface area contributed by atoms with E-state index in [1.54, 1.807) is 0 Å². The Kier molecular flexibility index (Phi) is 1.99. The van der Waals surface area contributed by atoms with Crippen LogP contribution in [0, 0.1) is 5.92 Å². The van der Waals surface area contributed by atoms with Crippen LogP contribution < -0.4 is 0 Å². The van der Waals surface area contributed by atoms with Gasteiger partial charge in [-0.2, -0.15) is 13.2 Å². The first-order valence-electron chi connectivity index (χ1n) is 4.24. The highest BCUT2D eigenvalue weighted by Crippen LogP contribution is 2.31. The number of nitrogens with zero attached hydrogens (tertiary/aromatic N) is 2. The van der Waals surface area contributed by atoms with Crippen LogP contribution >= 0.6 is 0 Å². The Morgan fingerprint density at radius 1 is 1.60 bits per heavy atom. The summed E-state index contributed by atoms with van der Waals surface area (Å²) in [6, 6.07) is 0. The maximum atomic E-state index is 12.2. The van der Waals surface area contributed by atoms with Crippen LogP contribution in [0.1, 0.15) is 11.5 Å². The second-order valence-electron chi connectivity index (χ2n) is 3.43. The minimum atomic E-state index is -4.46. The molecule has 2 rings (SSSR count). The molecule has 4 nitrogen and oxygen atoms in total. The third-order valence-corrected chi connectivity index (χ3v) is 2.34. The summed E-state index contributed by atoms with van der Waals surface area (Å²) in [5.41, 5.74) is -0.957. The van der Waals surface area contributed by atoms with Gasteiger partial charge in [-0.15, -0.1) is 0 Å². The van der Waals surface area contributed by atoms with Gasteiger partial charge < -0.3 is 9.67 Å². The van der Waals surface area contributed by atoms with Crippen LogP contribution in [0.2, 0.25) is 0 Å². The number of rotatable bonds is 1. The average molecular weight is 220 g/mol. The first-order chi connectivity index (χ1) is 6.88. The molecule has 1 aromatic rings. The van der Waals surface area contributed by atoms with Gasteiger partial charge in [-0.1, -0.05) is 0 Å². The van der Waals surface area contributed by atoms with Crippen LogP contribution in [0.3, 0.4) is 0 Å². The smallest absolute Gasteiger partial charge is 0.434 e. The minimum absolute atomic E-state index is 0.0609. The molecule has 1 aliphatic heterocycles. The molecule has 0 radical (unpaired) electrons. The van der Waals surface area contributed by atoms with E-state index in [1.807, 2.05) is 0 Å². The van der Waals surface area contributed by atoms with Crippen LogP contribution in [0.15, 0.2) is 6.20 Å². The lowest BCUT2D eigenvalue weighted by molar-refractivity contribution is -0.141. The Morgan fingerprint density at radius 2 is 2.27 bits per heavy atom. The van der Waals surface area contributed by atoms with E-state index in [1.165, 1.54) is 4.57 Å². The Morgan fingerprint density at radius 3 is 2.73 bits per heavy atom. The Hall–Kier alpha value is -1.53. The van der Waals surface area contributed by atoms with Gasteiger partial charge in [0.15, 0.2) is 5.69 Å². The molecular weight excluding hydrogens is 213 g/mol. The lowest BCUT2D eigenvalue weighted by atomic mass is 10.1. The number of halogens is 3. The molecule has 82 valence electrons. The van der Waals surface area contributed by atoms with Crippen molar-refractivity contribution in [1.82, 2.24) is 9.55 Å². The zero-order valence-corrected chi connectivity index (χ0v) is 7.45. The van der Waals surface area contributed by atoms with Crippen molar-refractivity contribution in [2.75, 3.05) is 0 Å². The SMILES string of the molecule is O=C(O)C1Cc2nc(C(F)(F)F)cn2C1. The second-order valence-corrected chi connectivity index (χ2v) is 3.43. The van der Waals surface area contributed by atoms with Gasteiger partial charge in [-0.25, -0.2) is 4.98 Å². The summed E-state index contributed by atoms with van der Waals surface area (Å²) in [7, 11) is 0. The molecule has 0 fully saturated rings. The Balaban J connectivity index is 2.23. The molecular formula is C8H7F3N2O2. The van der Waals surface area contributed by atoms with E-state index in [9.17, 15) is 18.0 Å². The fourth-order valence-corrected chi connectivity index (χ4v) is 1.60. The number of hydrogen-bond acceptors (Lipinski definition) is 2. The van der Waals surface area contributed by atoms with Gasteiger partial charge in [0, 0.05) is 19.2 Å². The van der Waals surface area contributed by atoms with Gasteiger partial charge in [-0.05, 0) is 0 Å². The standard InChI is InChI=1S/C8H7F3N2O2/c9-8(10,11)5-3-13-2-4(7(14)15)1-6(13)12-5/h3-4H,1-2H2,(H,14,15). The number of aromatic nitrogens is 2. The molecule has 7 heteroatoms. The molecule has 15 heavy (non-hydrogen) atoms. The number of imidazole rings is 1. The van der Waals surface area contributed by atoms with E-state index >= 15 is 0 Å². The van der Waals surface area contributed by atoms with Gasteiger partial charge >= 0.3 is 12.1 Å². The maximum Gasteiger partial charge on any atom is 0.434 e. The summed E-state index contributed by atoms with van der Waals surface area (Å²) >= 11 is 0. The summed E-state index contributed by atoms with van der Waals surface area (Å²) < 4.78 is 37.9. The number of hydrogen-bond donors (Lipinski definition) is 1. The van der Waals surface area contributed by atoms with Gasteiger partial charge in [0.05, 0.1) is 5.92 Å². The van der Waals surface area contributed by atoms with Crippen LogP contribution in [0.4, 0.5) is 13.2 Å².